The van der Waals surface area contributed by atoms with E-state index in [2.05, 4.69) is 10.1 Å². The van der Waals surface area contributed by atoms with Gasteiger partial charge in [-0.1, -0.05) is 5.16 Å². The Bertz CT molecular complexity index is 301. The molecule has 6 nitrogen and oxygen atoms in total. The quantitative estimate of drug-likeness (QED) is 0.740. The van der Waals surface area contributed by atoms with Crippen molar-refractivity contribution in [1.82, 2.24) is 10.1 Å². The van der Waals surface area contributed by atoms with E-state index in [0.29, 0.717) is 31.3 Å². The van der Waals surface area contributed by atoms with Crippen molar-refractivity contribution < 1.29 is 14.0 Å². The molecule has 1 unspecified atom stereocenters. The van der Waals surface area contributed by atoms with Gasteiger partial charge in [0.25, 0.3) is 0 Å². The maximum absolute atomic E-state index is 5.84. The third-order valence-corrected chi connectivity index (χ3v) is 1.94. The first-order valence-electron chi connectivity index (χ1n) is 5.32. The molecular formula is C10H19N3O3. The summed E-state index contributed by atoms with van der Waals surface area (Å²) >= 11 is 0. The van der Waals surface area contributed by atoms with Crippen LogP contribution < -0.4 is 5.73 Å². The highest BCUT2D eigenvalue weighted by atomic mass is 16.5. The van der Waals surface area contributed by atoms with Crippen LogP contribution in [0.25, 0.3) is 0 Å². The minimum atomic E-state index is -0.345. The Morgan fingerprint density at radius 2 is 2.19 bits per heavy atom. The average molecular weight is 229 g/mol. The lowest BCUT2D eigenvalue weighted by Crippen LogP contribution is -2.20. The highest BCUT2D eigenvalue weighted by Gasteiger charge is 2.14. The smallest absolute Gasteiger partial charge is 0.229 e. The topological polar surface area (TPSA) is 83.4 Å². The second-order valence-corrected chi connectivity index (χ2v) is 3.78. The highest BCUT2D eigenvalue weighted by molar-refractivity contribution is 4.93. The summed E-state index contributed by atoms with van der Waals surface area (Å²) in [6.07, 6.45) is 0.743. The van der Waals surface area contributed by atoms with Gasteiger partial charge in [-0.3, -0.25) is 0 Å². The van der Waals surface area contributed by atoms with Gasteiger partial charge in [-0.25, -0.2) is 0 Å². The summed E-state index contributed by atoms with van der Waals surface area (Å²) in [6.45, 7) is 4.85. The highest BCUT2D eigenvalue weighted by Crippen LogP contribution is 2.08. The summed E-state index contributed by atoms with van der Waals surface area (Å²) in [4.78, 5) is 4.16. The number of nitrogens with zero attached hydrogens (tertiary/aromatic N) is 2. The molecule has 0 fully saturated rings. The van der Waals surface area contributed by atoms with E-state index in [-0.39, 0.29) is 12.1 Å². The monoisotopic (exact) mass is 229 g/mol. The van der Waals surface area contributed by atoms with Gasteiger partial charge in [-0.15, -0.1) is 0 Å². The largest absolute Gasteiger partial charge is 0.384 e. The van der Waals surface area contributed by atoms with Gasteiger partial charge in [-0.05, 0) is 13.8 Å². The van der Waals surface area contributed by atoms with Crippen molar-refractivity contribution in [2.45, 2.75) is 32.4 Å². The first-order valence-corrected chi connectivity index (χ1v) is 5.32. The van der Waals surface area contributed by atoms with Crippen LogP contribution >= 0.6 is 0 Å². The van der Waals surface area contributed by atoms with E-state index in [1.807, 2.05) is 13.8 Å². The van der Waals surface area contributed by atoms with Crippen molar-refractivity contribution >= 4 is 0 Å². The molecular weight excluding hydrogens is 210 g/mol. The number of rotatable bonds is 7. The maximum Gasteiger partial charge on any atom is 0.229 e. The SMILES string of the molecule is COCCc1nc(C(N)COC(C)C)no1. The van der Waals surface area contributed by atoms with Crippen LogP contribution in [0, 0.1) is 0 Å². The van der Waals surface area contributed by atoms with Crippen LogP contribution in [0.3, 0.4) is 0 Å². The van der Waals surface area contributed by atoms with Gasteiger partial charge >= 0.3 is 0 Å². The Labute approximate surface area is 95.1 Å². The molecule has 6 heteroatoms. The molecule has 1 atom stereocenters. The molecule has 0 aliphatic heterocycles. The zero-order valence-electron chi connectivity index (χ0n) is 9.97. The molecule has 1 rings (SSSR count). The fourth-order valence-corrected chi connectivity index (χ4v) is 1.08. The molecule has 0 aromatic carbocycles. The molecule has 0 aliphatic rings. The van der Waals surface area contributed by atoms with Crippen molar-refractivity contribution in [1.29, 1.82) is 0 Å². The van der Waals surface area contributed by atoms with Crippen LogP contribution in [0.5, 0.6) is 0 Å². The van der Waals surface area contributed by atoms with Crippen LogP contribution in [0.2, 0.25) is 0 Å². The lowest BCUT2D eigenvalue weighted by Gasteiger charge is -2.10. The van der Waals surface area contributed by atoms with Crippen LogP contribution in [-0.2, 0) is 15.9 Å². The van der Waals surface area contributed by atoms with Crippen LogP contribution in [0.1, 0.15) is 31.6 Å². The fourth-order valence-electron chi connectivity index (χ4n) is 1.08. The molecule has 1 aromatic rings. The summed E-state index contributed by atoms with van der Waals surface area (Å²) in [5.41, 5.74) is 5.84. The first kappa shape index (κ1) is 13.1. The predicted octanol–water partition coefficient (Wildman–Crippen LogP) is 0.683. The molecule has 0 bridgehead atoms. The first-order chi connectivity index (χ1) is 7.63. The Kier molecular flexibility index (Phi) is 5.37. The van der Waals surface area contributed by atoms with E-state index in [9.17, 15) is 0 Å². The van der Waals surface area contributed by atoms with Crippen molar-refractivity contribution in [2.75, 3.05) is 20.3 Å². The third kappa shape index (κ3) is 4.26. The number of methoxy groups -OCH3 is 1. The van der Waals surface area contributed by atoms with Gasteiger partial charge in [0.1, 0.15) is 0 Å². The fraction of sp³-hybridized carbons (Fsp3) is 0.800. The minimum Gasteiger partial charge on any atom is -0.384 e. The van der Waals surface area contributed by atoms with Crippen molar-refractivity contribution in [2.24, 2.45) is 5.73 Å². The van der Waals surface area contributed by atoms with E-state index in [4.69, 9.17) is 19.7 Å². The third-order valence-electron chi connectivity index (χ3n) is 1.94. The Balaban J connectivity index is 2.43. The lowest BCUT2D eigenvalue weighted by molar-refractivity contribution is 0.0665. The average Bonchev–Trinajstić information content (AvgIpc) is 2.71. The normalized spacial score (nSPS) is 13.3. The Hall–Kier alpha value is -0.980. The number of hydrogen-bond acceptors (Lipinski definition) is 6. The molecule has 0 aliphatic carbocycles. The molecule has 0 radical (unpaired) electrons. The molecule has 1 aromatic heterocycles. The Morgan fingerprint density at radius 3 is 2.81 bits per heavy atom. The molecule has 16 heavy (non-hydrogen) atoms. The number of aromatic nitrogens is 2. The zero-order chi connectivity index (χ0) is 12.0. The van der Waals surface area contributed by atoms with E-state index in [1.54, 1.807) is 7.11 Å². The van der Waals surface area contributed by atoms with E-state index >= 15 is 0 Å². The molecule has 0 amide bonds. The van der Waals surface area contributed by atoms with Crippen LogP contribution in [-0.4, -0.2) is 36.6 Å². The second-order valence-electron chi connectivity index (χ2n) is 3.78. The number of ether oxygens (including phenoxy) is 2. The van der Waals surface area contributed by atoms with Gasteiger partial charge in [0.05, 0.1) is 31.8 Å². The summed E-state index contributed by atoms with van der Waals surface area (Å²) in [6, 6.07) is -0.345. The van der Waals surface area contributed by atoms with Crippen molar-refractivity contribution in [3.05, 3.63) is 11.7 Å². The van der Waals surface area contributed by atoms with Gasteiger partial charge in [0, 0.05) is 7.11 Å². The summed E-state index contributed by atoms with van der Waals surface area (Å²) in [7, 11) is 1.62. The predicted molar refractivity (Wildman–Crippen MR) is 57.9 cm³/mol. The summed E-state index contributed by atoms with van der Waals surface area (Å²) < 4.78 is 15.3. The summed E-state index contributed by atoms with van der Waals surface area (Å²) in [5.74, 6) is 1.02. The van der Waals surface area contributed by atoms with E-state index in [1.165, 1.54) is 0 Å². The zero-order valence-corrected chi connectivity index (χ0v) is 9.97. The Morgan fingerprint density at radius 1 is 1.44 bits per heavy atom. The van der Waals surface area contributed by atoms with Crippen LogP contribution in [0.15, 0.2) is 4.52 Å². The second kappa shape index (κ2) is 6.57. The van der Waals surface area contributed by atoms with Gasteiger partial charge in [0.2, 0.25) is 5.89 Å². The molecule has 0 saturated heterocycles. The van der Waals surface area contributed by atoms with E-state index in [0.717, 1.165) is 0 Å². The number of hydrogen-bond donors (Lipinski definition) is 1. The van der Waals surface area contributed by atoms with Crippen molar-refractivity contribution in [3.8, 4) is 0 Å². The van der Waals surface area contributed by atoms with Crippen LogP contribution in [0.4, 0.5) is 0 Å². The van der Waals surface area contributed by atoms with Gasteiger partial charge in [0.15, 0.2) is 5.82 Å². The lowest BCUT2D eigenvalue weighted by atomic mass is 10.3. The van der Waals surface area contributed by atoms with Gasteiger partial charge in [-0.2, -0.15) is 4.98 Å². The molecule has 0 saturated carbocycles. The standard InChI is InChI=1S/C10H19N3O3/c1-7(2)15-6-8(11)10-12-9(16-13-10)4-5-14-3/h7-8H,4-6,11H2,1-3H3. The molecule has 0 spiro atoms. The molecule has 92 valence electrons. The van der Waals surface area contributed by atoms with E-state index < -0.39 is 0 Å². The number of nitrogens with two attached hydrogens (primary N) is 1. The molecule has 1 heterocycles. The van der Waals surface area contributed by atoms with Crippen molar-refractivity contribution in [3.63, 3.8) is 0 Å². The maximum atomic E-state index is 5.84. The summed E-state index contributed by atoms with van der Waals surface area (Å²) in [5, 5.41) is 3.80. The minimum absolute atomic E-state index is 0.144. The molecule has 2 N–H and O–H groups in total. The van der Waals surface area contributed by atoms with Gasteiger partial charge < -0.3 is 19.7 Å².